The van der Waals surface area contributed by atoms with Crippen molar-refractivity contribution in [2.75, 3.05) is 31.1 Å². The summed E-state index contributed by atoms with van der Waals surface area (Å²) in [5.74, 6) is -0.185. The Balaban J connectivity index is 1.04. The zero-order valence-electron chi connectivity index (χ0n) is 22.2. The summed E-state index contributed by atoms with van der Waals surface area (Å²) in [6, 6.07) is 27.5. The molecule has 2 amide bonds. The van der Waals surface area contributed by atoms with Gasteiger partial charge in [0.15, 0.2) is 0 Å². The van der Waals surface area contributed by atoms with Gasteiger partial charge in [0.1, 0.15) is 0 Å². The summed E-state index contributed by atoms with van der Waals surface area (Å²) < 4.78 is 0. The van der Waals surface area contributed by atoms with Gasteiger partial charge in [0.2, 0.25) is 0 Å². The van der Waals surface area contributed by atoms with Crippen LogP contribution in [-0.4, -0.2) is 55.0 Å². The fourth-order valence-corrected chi connectivity index (χ4v) is 5.41. The maximum Gasteiger partial charge on any atom is 0.251 e. The minimum absolute atomic E-state index is 0.0882. The van der Waals surface area contributed by atoms with Crippen molar-refractivity contribution in [1.82, 2.24) is 15.5 Å². The number of carbonyl (C=O) groups is 2. The van der Waals surface area contributed by atoms with Gasteiger partial charge in [0, 0.05) is 61.6 Å². The second-order valence-corrected chi connectivity index (χ2v) is 10.5. The lowest BCUT2D eigenvalue weighted by Crippen LogP contribution is -2.44. The Kier molecular flexibility index (Phi) is 8.55. The van der Waals surface area contributed by atoms with E-state index in [2.05, 4.69) is 50.8 Å². The third kappa shape index (κ3) is 7.04. The van der Waals surface area contributed by atoms with E-state index < -0.39 is 0 Å². The SMILES string of the molecule is N#Cc1ccc(CN2CCC(NC(=O)c3ccc(C(=O)NC4CCN(c5ccccc5)CC4)cc3)CC2)cc1. The van der Waals surface area contributed by atoms with Crippen molar-refractivity contribution in [2.24, 2.45) is 0 Å². The largest absolute Gasteiger partial charge is 0.371 e. The number of likely N-dealkylation sites (tertiary alicyclic amines) is 1. The summed E-state index contributed by atoms with van der Waals surface area (Å²) in [4.78, 5) is 30.4. The molecule has 2 N–H and O–H groups in total. The molecule has 2 saturated heterocycles. The van der Waals surface area contributed by atoms with Crippen molar-refractivity contribution in [1.29, 1.82) is 5.26 Å². The monoisotopic (exact) mass is 521 g/mol. The molecule has 7 heteroatoms. The van der Waals surface area contributed by atoms with Crippen LogP contribution in [0.1, 0.15) is 57.5 Å². The molecule has 0 unspecified atom stereocenters. The number of anilines is 1. The average molecular weight is 522 g/mol. The van der Waals surface area contributed by atoms with Crippen LogP contribution >= 0.6 is 0 Å². The predicted octanol–water partition coefficient (Wildman–Crippen LogP) is 4.35. The number of rotatable bonds is 7. The summed E-state index contributed by atoms with van der Waals surface area (Å²) in [5, 5.41) is 15.3. The first-order chi connectivity index (χ1) is 19.1. The van der Waals surface area contributed by atoms with Gasteiger partial charge in [-0.1, -0.05) is 30.3 Å². The minimum atomic E-state index is -0.0965. The van der Waals surface area contributed by atoms with Crippen LogP contribution in [0, 0.1) is 11.3 Å². The molecule has 0 radical (unpaired) electrons. The fraction of sp³-hybridized carbons (Fsp3) is 0.344. The molecule has 0 aliphatic carbocycles. The topological polar surface area (TPSA) is 88.5 Å². The van der Waals surface area contributed by atoms with Gasteiger partial charge in [0.05, 0.1) is 11.6 Å². The molecule has 39 heavy (non-hydrogen) atoms. The van der Waals surface area contributed by atoms with E-state index in [1.165, 1.54) is 11.3 Å². The van der Waals surface area contributed by atoms with Crippen LogP contribution in [0.2, 0.25) is 0 Å². The predicted molar refractivity (Wildman–Crippen MR) is 153 cm³/mol. The van der Waals surface area contributed by atoms with Crippen LogP contribution in [0.15, 0.2) is 78.9 Å². The first kappa shape index (κ1) is 26.5. The standard InChI is InChI=1S/C32H35N5O2/c33-22-24-6-8-25(9-7-24)23-36-18-14-28(15-19-36)34-31(38)26-10-12-27(13-11-26)32(39)35-29-16-20-37(21-17-29)30-4-2-1-3-5-30/h1-13,28-29H,14-21,23H2,(H,34,38)(H,35,39). The summed E-state index contributed by atoms with van der Waals surface area (Å²) >= 11 is 0. The van der Waals surface area contributed by atoms with Crippen molar-refractivity contribution in [2.45, 2.75) is 44.3 Å². The van der Waals surface area contributed by atoms with Gasteiger partial charge in [-0.3, -0.25) is 14.5 Å². The number of hydrogen-bond acceptors (Lipinski definition) is 5. The Hall–Kier alpha value is -4.15. The normalized spacial score (nSPS) is 16.8. The highest BCUT2D eigenvalue weighted by atomic mass is 16.2. The van der Waals surface area contributed by atoms with Crippen molar-refractivity contribution in [3.63, 3.8) is 0 Å². The Morgan fingerprint density at radius 1 is 0.718 bits per heavy atom. The van der Waals surface area contributed by atoms with Crippen LogP contribution in [0.25, 0.3) is 0 Å². The van der Waals surface area contributed by atoms with Crippen LogP contribution in [0.5, 0.6) is 0 Å². The summed E-state index contributed by atoms with van der Waals surface area (Å²) in [5.41, 5.74) is 4.24. The molecule has 0 spiro atoms. The third-order valence-corrected chi connectivity index (χ3v) is 7.77. The molecule has 2 fully saturated rings. The highest BCUT2D eigenvalue weighted by Gasteiger charge is 2.23. The Bertz CT molecular complexity index is 1290. The van der Waals surface area contributed by atoms with E-state index in [9.17, 15) is 9.59 Å². The van der Waals surface area contributed by atoms with Crippen molar-refractivity contribution < 1.29 is 9.59 Å². The number of nitrogens with zero attached hydrogens (tertiary/aromatic N) is 3. The quantitative estimate of drug-likeness (QED) is 0.483. The molecule has 0 aromatic heterocycles. The molecule has 3 aromatic carbocycles. The second-order valence-electron chi connectivity index (χ2n) is 10.5. The van der Waals surface area contributed by atoms with Crippen molar-refractivity contribution in [3.05, 3.63) is 101 Å². The highest BCUT2D eigenvalue weighted by molar-refractivity contribution is 5.98. The number of carbonyl (C=O) groups excluding carboxylic acids is 2. The third-order valence-electron chi connectivity index (χ3n) is 7.77. The van der Waals surface area contributed by atoms with Gasteiger partial charge >= 0.3 is 0 Å². The summed E-state index contributed by atoms with van der Waals surface area (Å²) in [6.45, 7) is 4.51. The summed E-state index contributed by atoms with van der Waals surface area (Å²) in [7, 11) is 0. The molecule has 5 rings (SSSR count). The van der Waals surface area contributed by atoms with E-state index in [1.54, 1.807) is 24.3 Å². The minimum Gasteiger partial charge on any atom is -0.371 e. The Morgan fingerprint density at radius 3 is 1.74 bits per heavy atom. The van der Waals surface area contributed by atoms with E-state index >= 15 is 0 Å². The number of amides is 2. The van der Waals surface area contributed by atoms with Crippen molar-refractivity contribution >= 4 is 17.5 Å². The molecule has 3 aromatic rings. The molecular formula is C32H35N5O2. The molecule has 0 saturated carbocycles. The maximum atomic E-state index is 12.8. The van der Waals surface area contributed by atoms with Crippen LogP contribution < -0.4 is 15.5 Å². The van der Waals surface area contributed by atoms with E-state index in [-0.39, 0.29) is 23.9 Å². The molecule has 2 aliphatic heterocycles. The van der Waals surface area contributed by atoms with Crippen LogP contribution in [0.3, 0.4) is 0 Å². The molecule has 200 valence electrons. The second kappa shape index (κ2) is 12.6. The number of piperidine rings is 2. The average Bonchev–Trinajstić information content (AvgIpc) is 2.99. The molecule has 0 atom stereocenters. The maximum absolute atomic E-state index is 12.8. The highest BCUT2D eigenvalue weighted by Crippen LogP contribution is 2.20. The number of benzene rings is 3. The van der Waals surface area contributed by atoms with Gasteiger partial charge < -0.3 is 15.5 Å². The van der Waals surface area contributed by atoms with Gasteiger partial charge in [-0.05, 0) is 79.8 Å². The number of nitriles is 1. The Labute approximate surface area is 230 Å². The van der Waals surface area contributed by atoms with Gasteiger partial charge in [-0.15, -0.1) is 0 Å². The lowest BCUT2D eigenvalue weighted by Gasteiger charge is -2.34. The fourth-order valence-electron chi connectivity index (χ4n) is 5.41. The molecule has 7 nitrogen and oxygen atoms in total. The van der Waals surface area contributed by atoms with Gasteiger partial charge in [0.25, 0.3) is 11.8 Å². The van der Waals surface area contributed by atoms with E-state index in [1.807, 2.05) is 30.3 Å². The molecule has 0 bridgehead atoms. The first-order valence-electron chi connectivity index (χ1n) is 13.8. The first-order valence-corrected chi connectivity index (χ1v) is 13.8. The zero-order valence-corrected chi connectivity index (χ0v) is 22.2. The van der Waals surface area contributed by atoms with Gasteiger partial charge in [-0.2, -0.15) is 5.26 Å². The lowest BCUT2D eigenvalue weighted by atomic mass is 10.0. The zero-order chi connectivity index (χ0) is 27.0. The van der Waals surface area contributed by atoms with E-state index in [0.717, 1.165) is 58.4 Å². The Morgan fingerprint density at radius 2 is 1.23 bits per heavy atom. The molecule has 2 heterocycles. The van der Waals surface area contributed by atoms with Crippen molar-refractivity contribution in [3.8, 4) is 6.07 Å². The van der Waals surface area contributed by atoms with Crippen LogP contribution in [-0.2, 0) is 6.54 Å². The number of nitrogens with one attached hydrogen (secondary N) is 2. The van der Waals surface area contributed by atoms with E-state index in [0.29, 0.717) is 16.7 Å². The molecule has 2 aliphatic rings. The van der Waals surface area contributed by atoms with Gasteiger partial charge in [-0.25, -0.2) is 0 Å². The van der Waals surface area contributed by atoms with Crippen LogP contribution in [0.4, 0.5) is 5.69 Å². The summed E-state index contributed by atoms with van der Waals surface area (Å²) in [6.07, 6.45) is 3.61. The number of para-hydroxylation sites is 1. The van der Waals surface area contributed by atoms with E-state index in [4.69, 9.17) is 5.26 Å². The number of hydrogen-bond donors (Lipinski definition) is 2. The lowest BCUT2D eigenvalue weighted by molar-refractivity contribution is 0.0903. The molecular weight excluding hydrogens is 486 g/mol. The smallest absolute Gasteiger partial charge is 0.251 e.